The van der Waals surface area contributed by atoms with Crippen molar-refractivity contribution in [3.8, 4) is 11.3 Å². The van der Waals surface area contributed by atoms with Gasteiger partial charge in [-0.15, -0.1) is 0 Å². The maximum atomic E-state index is 13.2. The van der Waals surface area contributed by atoms with E-state index in [2.05, 4.69) is 5.10 Å². The number of hydrogen-bond donors (Lipinski definition) is 0. The van der Waals surface area contributed by atoms with Crippen LogP contribution in [0.2, 0.25) is 0 Å². The molecular formula is C16H17F3N2O3. The van der Waals surface area contributed by atoms with Gasteiger partial charge in [-0.3, -0.25) is 4.68 Å². The minimum atomic E-state index is -4.46. The number of hydrogen-bond acceptors (Lipinski definition) is 4. The van der Waals surface area contributed by atoms with Gasteiger partial charge in [0.2, 0.25) is 0 Å². The predicted molar refractivity (Wildman–Crippen MR) is 77.6 cm³/mol. The quantitative estimate of drug-likeness (QED) is 0.841. The lowest BCUT2D eigenvalue weighted by Crippen LogP contribution is -2.32. The normalized spacial score (nSPS) is 23.8. The van der Waals surface area contributed by atoms with E-state index in [-0.39, 0.29) is 17.6 Å². The summed E-state index contributed by atoms with van der Waals surface area (Å²) in [4.78, 5) is 0. The van der Waals surface area contributed by atoms with E-state index in [1.54, 1.807) is 4.68 Å². The molecule has 4 rings (SSSR count). The molecule has 2 atom stereocenters. The summed E-state index contributed by atoms with van der Waals surface area (Å²) in [5.74, 6) is 0.404. The van der Waals surface area contributed by atoms with E-state index in [0.717, 1.165) is 11.8 Å². The number of rotatable bonds is 2. The Morgan fingerprint density at radius 2 is 2.17 bits per heavy atom. The molecule has 2 aromatic rings. The Kier molecular flexibility index (Phi) is 3.69. The summed E-state index contributed by atoms with van der Waals surface area (Å²) < 4.78 is 57.5. The zero-order valence-electron chi connectivity index (χ0n) is 13.1. The molecule has 0 unspecified atom stereocenters. The van der Waals surface area contributed by atoms with E-state index in [1.807, 2.05) is 13.1 Å². The maximum absolute atomic E-state index is 13.2. The van der Waals surface area contributed by atoms with Gasteiger partial charge >= 0.3 is 6.18 Å². The predicted octanol–water partition coefficient (Wildman–Crippen LogP) is 3.24. The van der Waals surface area contributed by atoms with E-state index < -0.39 is 11.7 Å². The van der Waals surface area contributed by atoms with Crippen molar-refractivity contribution in [3.05, 3.63) is 29.3 Å². The van der Waals surface area contributed by atoms with Crippen LogP contribution in [0.5, 0.6) is 0 Å². The maximum Gasteiger partial charge on any atom is 0.420 e. The van der Waals surface area contributed by atoms with Gasteiger partial charge in [-0.2, -0.15) is 18.3 Å². The molecule has 0 bridgehead atoms. The number of fused-ring (bicyclic) bond motifs is 3. The molecule has 130 valence electrons. The van der Waals surface area contributed by atoms with E-state index >= 15 is 0 Å². The van der Waals surface area contributed by atoms with Gasteiger partial charge in [-0.25, -0.2) is 0 Å². The highest BCUT2D eigenvalue weighted by Crippen LogP contribution is 2.46. The first kappa shape index (κ1) is 15.7. The van der Waals surface area contributed by atoms with Crippen molar-refractivity contribution in [2.24, 2.45) is 0 Å². The second-order valence-electron chi connectivity index (χ2n) is 6.27. The Balaban J connectivity index is 1.71. The van der Waals surface area contributed by atoms with Gasteiger partial charge in [0.1, 0.15) is 23.7 Å². The van der Waals surface area contributed by atoms with Crippen LogP contribution in [-0.2, 0) is 28.6 Å². The Labute approximate surface area is 136 Å². The molecule has 5 nitrogen and oxygen atoms in total. The molecule has 24 heavy (non-hydrogen) atoms. The molecule has 0 aromatic carbocycles. The molecule has 8 heteroatoms. The topological polar surface area (TPSA) is 49.4 Å². The molecule has 0 spiro atoms. The average Bonchev–Trinajstić information content (AvgIpc) is 3.11. The number of nitrogens with zero attached hydrogens (tertiary/aromatic N) is 2. The smallest absolute Gasteiger partial charge is 0.420 e. The molecule has 0 amide bonds. The Morgan fingerprint density at radius 1 is 1.33 bits per heavy atom. The summed E-state index contributed by atoms with van der Waals surface area (Å²) >= 11 is 0. The lowest BCUT2D eigenvalue weighted by molar-refractivity contribution is -0.137. The van der Waals surface area contributed by atoms with Crippen molar-refractivity contribution < 1.29 is 27.1 Å². The van der Waals surface area contributed by atoms with Crippen LogP contribution in [0, 0.1) is 0 Å². The number of alkyl halides is 3. The zero-order valence-corrected chi connectivity index (χ0v) is 13.1. The van der Waals surface area contributed by atoms with Crippen LogP contribution in [0.25, 0.3) is 11.3 Å². The van der Waals surface area contributed by atoms with Gasteiger partial charge in [0.05, 0.1) is 37.6 Å². The fraction of sp³-hybridized carbons (Fsp3) is 0.562. The molecule has 1 fully saturated rings. The fourth-order valence-electron chi connectivity index (χ4n) is 3.34. The van der Waals surface area contributed by atoms with Crippen molar-refractivity contribution in [3.63, 3.8) is 0 Å². The van der Waals surface area contributed by atoms with Crippen LogP contribution in [0.4, 0.5) is 13.2 Å². The summed E-state index contributed by atoms with van der Waals surface area (Å²) in [6, 6.07) is 0. The molecule has 0 N–H and O–H groups in total. The molecular weight excluding hydrogens is 325 g/mol. The molecule has 1 aliphatic heterocycles. The fourth-order valence-corrected chi connectivity index (χ4v) is 3.34. The van der Waals surface area contributed by atoms with Crippen molar-refractivity contribution in [1.29, 1.82) is 0 Å². The second kappa shape index (κ2) is 5.63. The third-order valence-electron chi connectivity index (χ3n) is 4.50. The molecule has 2 aromatic heterocycles. The Morgan fingerprint density at radius 3 is 2.88 bits per heavy atom. The number of furan rings is 1. The molecule has 0 saturated carbocycles. The summed E-state index contributed by atoms with van der Waals surface area (Å²) in [6.45, 7) is 3.96. The van der Waals surface area contributed by atoms with Gasteiger partial charge in [-0.1, -0.05) is 6.92 Å². The number of halogens is 3. The van der Waals surface area contributed by atoms with Gasteiger partial charge in [-0.05, 0) is 5.92 Å². The number of ether oxygens (including phenoxy) is 2. The molecule has 3 heterocycles. The standard InChI is InChI=1S/C16H17F3N2O3/c1-9-4-13-14(12(8-24-13)16(17,18)19)15-11(9)6-21(20-15)5-10-7-22-2-3-23-10/h6,8-10H,2-5,7H2,1H3/t9-,10-/m0/s1. The lowest BCUT2D eigenvalue weighted by Gasteiger charge is -2.22. The summed E-state index contributed by atoms with van der Waals surface area (Å²) in [6.07, 6.45) is -1.55. The van der Waals surface area contributed by atoms with Crippen LogP contribution >= 0.6 is 0 Å². The minimum Gasteiger partial charge on any atom is -0.468 e. The van der Waals surface area contributed by atoms with Crippen molar-refractivity contribution in [2.45, 2.75) is 38.1 Å². The highest BCUT2D eigenvalue weighted by atomic mass is 19.4. The van der Waals surface area contributed by atoms with Crippen LogP contribution in [0.15, 0.2) is 16.9 Å². The molecule has 0 radical (unpaired) electrons. The third kappa shape index (κ3) is 2.63. The lowest BCUT2D eigenvalue weighted by atomic mass is 9.86. The highest BCUT2D eigenvalue weighted by molar-refractivity contribution is 5.72. The average molecular weight is 342 g/mol. The zero-order chi connectivity index (χ0) is 16.9. The first-order chi connectivity index (χ1) is 11.4. The van der Waals surface area contributed by atoms with Crippen molar-refractivity contribution >= 4 is 0 Å². The second-order valence-corrected chi connectivity index (χ2v) is 6.27. The summed E-state index contributed by atoms with van der Waals surface area (Å²) in [7, 11) is 0. The van der Waals surface area contributed by atoms with Gasteiger partial charge in [0, 0.05) is 18.2 Å². The first-order valence-corrected chi connectivity index (χ1v) is 7.88. The van der Waals surface area contributed by atoms with Crippen LogP contribution in [0.3, 0.4) is 0 Å². The summed E-state index contributed by atoms with van der Waals surface area (Å²) in [5.41, 5.74) is 0.496. The first-order valence-electron chi connectivity index (χ1n) is 7.88. The Bertz CT molecular complexity index is 744. The van der Waals surface area contributed by atoms with E-state index in [0.29, 0.717) is 44.2 Å². The van der Waals surface area contributed by atoms with Gasteiger partial charge in [0.25, 0.3) is 0 Å². The Hall–Kier alpha value is -1.80. The van der Waals surface area contributed by atoms with Crippen LogP contribution in [-0.4, -0.2) is 35.7 Å². The van der Waals surface area contributed by atoms with Crippen LogP contribution in [0.1, 0.15) is 29.7 Å². The van der Waals surface area contributed by atoms with E-state index in [4.69, 9.17) is 13.9 Å². The van der Waals surface area contributed by atoms with Crippen LogP contribution < -0.4 is 0 Å². The minimum absolute atomic E-state index is 0.0528. The van der Waals surface area contributed by atoms with E-state index in [1.165, 1.54) is 0 Å². The van der Waals surface area contributed by atoms with Gasteiger partial charge < -0.3 is 13.9 Å². The van der Waals surface area contributed by atoms with Gasteiger partial charge in [0.15, 0.2) is 0 Å². The number of aromatic nitrogens is 2. The largest absolute Gasteiger partial charge is 0.468 e. The molecule has 1 saturated heterocycles. The van der Waals surface area contributed by atoms with Crippen molar-refractivity contribution in [2.75, 3.05) is 19.8 Å². The summed E-state index contributed by atoms with van der Waals surface area (Å²) in [5, 5.41) is 4.40. The monoisotopic (exact) mass is 342 g/mol. The molecule has 2 aliphatic rings. The molecule has 1 aliphatic carbocycles. The van der Waals surface area contributed by atoms with Crippen molar-refractivity contribution in [1.82, 2.24) is 9.78 Å². The highest BCUT2D eigenvalue weighted by Gasteiger charge is 2.41. The van der Waals surface area contributed by atoms with E-state index in [9.17, 15) is 13.2 Å². The SMILES string of the molecule is C[C@H]1Cc2occ(C(F)(F)F)c2-c2nn(C[C@H]3COCCO3)cc21. The third-order valence-corrected chi connectivity index (χ3v) is 4.50.